The van der Waals surface area contributed by atoms with Gasteiger partial charge in [0.15, 0.2) is 0 Å². The lowest BCUT2D eigenvalue weighted by Crippen LogP contribution is -2.02. The van der Waals surface area contributed by atoms with E-state index >= 15 is 0 Å². The molecule has 0 fully saturated rings. The normalized spacial score (nSPS) is 10.1. The van der Waals surface area contributed by atoms with Gasteiger partial charge < -0.3 is 5.32 Å². The lowest BCUT2D eigenvalue weighted by atomic mass is 10.2. The highest BCUT2D eigenvalue weighted by atomic mass is 35.5. The second-order valence-corrected chi connectivity index (χ2v) is 3.71. The van der Waals surface area contributed by atoms with Crippen molar-refractivity contribution in [3.8, 4) is 0 Å². The Labute approximate surface area is 98.7 Å². The summed E-state index contributed by atoms with van der Waals surface area (Å²) in [6, 6.07) is 5.77. The molecule has 2 rings (SSSR count). The van der Waals surface area contributed by atoms with E-state index in [4.69, 9.17) is 11.6 Å². The summed E-state index contributed by atoms with van der Waals surface area (Å²) in [7, 11) is 0. The smallest absolute Gasteiger partial charge is 0.224 e. The molecule has 0 aliphatic heterocycles. The summed E-state index contributed by atoms with van der Waals surface area (Å²) in [5.41, 5.74) is 2.11. The van der Waals surface area contributed by atoms with Gasteiger partial charge in [0.05, 0.1) is 0 Å². The molecule has 2 aromatic rings. The van der Waals surface area contributed by atoms with E-state index < -0.39 is 0 Å². The van der Waals surface area contributed by atoms with Crippen LogP contribution < -0.4 is 5.32 Å². The molecule has 0 amide bonds. The molecule has 4 nitrogen and oxygen atoms in total. The number of hydrogen-bond donors (Lipinski definition) is 1. The fourth-order valence-corrected chi connectivity index (χ4v) is 1.38. The second-order valence-electron chi connectivity index (χ2n) is 3.37. The highest BCUT2D eigenvalue weighted by Gasteiger charge is 1.97. The Hall–Kier alpha value is -1.68. The monoisotopic (exact) mass is 234 g/mol. The van der Waals surface area contributed by atoms with E-state index in [1.54, 1.807) is 12.3 Å². The van der Waals surface area contributed by atoms with E-state index in [0.717, 1.165) is 11.3 Å². The van der Waals surface area contributed by atoms with Gasteiger partial charge in [0, 0.05) is 24.6 Å². The molecular formula is C11H11ClN4. The lowest BCUT2D eigenvalue weighted by molar-refractivity contribution is 1.05. The summed E-state index contributed by atoms with van der Waals surface area (Å²) >= 11 is 5.67. The zero-order chi connectivity index (χ0) is 11.4. The van der Waals surface area contributed by atoms with Crippen LogP contribution in [0.1, 0.15) is 11.3 Å². The van der Waals surface area contributed by atoms with E-state index in [-0.39, 0.29) is 5.28 Å². The number of halogens is 1. The van der Waals surface area contributed by atoms with Crippen LogP contribution in [-0.2, 0) is 6.54 Å². The Balaban J connectivity index is 1.99. The Kier molecular flexibility index (Phi) is 3.31. The molecule has 1 N–H and O–H groups in total. The highest BCUT2D eigenvalue weighted by molar-refractivity contribution is 6.28. The maximum atomic E-state index is 5.67. The predicted octanol–water partition coefficient (Wildman–Crippen LogP) is 2.45. The third-order valence-electron chi connectivity index (χ3n) is 2.07. The number of anilines is 1. The van der Waals surface area contributed by atoms with Crippen LogP contribution in [0.4, 0.5) is 5.82 Å². The first-order valence-electron chi connectivity index (χ1n) is 4.88. The summed E-state index contributed by atoms with van der Waals surface area (Å²) in [5, 5.41) is 3.39. The van der Waals surface area contributed by atoms with Crippen LogP contribution in [0.25, 0.3) is 0 Å². The average molecular weight is 235 g/mol. The van der Waals surface area contributed by atoms with Crippen molar-refractivity contribution in [2.24, 2.45) is 0 Å². The van der Waals surface area contributed by atoms with E-state index in [9.17, 15) is 0 Å². The molecule has 5 heteroatoms. The summed E-state index contributed by atoms with van der Waals surface area (Å²) in [6.07, 6.45) is 3.45. The molecule has 2 aromatic heterocycles. The van der Waals surface area contributed by atoms with E-state index in [0.29, 0.717) is 12.4 Å². The van der Waals surface area contributed by atoms with Crippen LogP contribution in [0.5, 0.6) is 0 Å². The zero-order valence-electron chi connectivity index (χ0n) is 8.81. The molecule has 0 unspecified atom stereocenters. The fourth-order valence-electron chi connectivity index (χ4n) is 1.23. The van der Waals surface area contributed by atoms with Gasteiger partial charge in [-0.05, 0) is 36.2 Å². The van der Waals surface area contributed by atoms with E-state index in [1.807, 2.05) is 25.3 Å². The van der Waals surface area contributed by atoms with Gasteiger partial charge in [0.25, 0.3) is 0 Å². The molecule has 0 atom stereocenters. The maximum absolute atomic E-state index is 5.67. The van der Waals surface area contributed by atoms with Crippen LogP contribution in [0.3, 0.4) is 0 Å². The van der Waals surface area contributed by atoms with Crippen LogP contribution in [0, 0.1) is 6.92 Å². The maximum Gasteiger partial charge on any atom is 0.224 e. The van der Waals surface area contributed by atoms with Crippen molar-refractivity contribution in [1.29, 1.82) is 0 Å². The summed E-state index contributed by atoms with van der Waals surface area (Å²) in [6.45, 7) is 2.63. The Morgan fingerprint density at radius 1 is 1.25 bits per heavy atom. The third kappa shape index (κ3) is 2.90. The molecular weight excluding hydrogens is 224 g/mol. The average Bonchev–Trinajstić information content (AvgIpc) is 2.28. The Morgan fingerprint density at radius 3 is 2.81 bits per heavy atom. The van der Waals surface area contributed by atoms with Crippen molar-refractivity contribution in [1.82, 2.24) is 15.0 Å². The molecule has 82 valence electrons. The summed E-state index contributed by atoms with van der Waals surface area (Å²) in [4.78, 5) is 12.0. The highest BCUT2D eigenvalue weighted by Crippen LogP contribution is 2.08. The van der Waals surface area contributed by atoms with Crippen molar-refractivity contribution >= 4 is 17.4 Å². The van der Waals surface area contributed by atoms with Gasteiger partial charge in [-0.1, -0.05) is 6.07 Å². The number of aryl methyl sites for hydroxylation is 1. The van der Waals surface area contributed by atoms with E-state index in [1.165, 1.54) is 0 Å². The van der Waals surface area contributed by atoms with Crippen LogP contribution in [0.2, 0.25) is 5.28 Å². The number of nitrogens with one attached hydrogen (secondary N) is 1. The first kappa shape index (κ1) is 10.8. The number of pyridine rings is 1. The second kappa shape index (κ2) is 4.90. The topological polar surface area (TPSA) is 50.7 Å². The van der Waals surface area contributed by atoms with Gasteiger partial charge in [-0.15, -0.1) is 0 Å². The number of hydrogen-bond acceptors (Lipinski definition) is 4. The van der Waals surface area contributed by atoms with Gasteiger partial charge in [-0.25, -0.2) is 9.97 Å². The minimum Gasteiger partial charge on any atom is -0.366 e. The molecule has 0 aliphatic rings. The first-order chi connectivity index (χ1) is 7.74. The Bertz CT molecular complexity index is 470. The summed E-state index contributed by atoms with van der Waals surface area (Å²) in [5.74, 6) is 0.709. The summed E-state index contributed by atoms with van der Waals surface area (Å²) < 4.78 is 0. The van der Waals surface area contributed by atoms with Gasteiger partial charge in [0.2, 0.25) is 5.28 Å². The quantitative estimate of drug-likeness (QED) is 0.829. The van der Waals surface area contributed by atoms with Crippen LogP contribution in [0.15, 0.2) is 30.6 Å². The minimum absolute atomic E-state index is 0.243. The molecule has 0 radical (unpaired) electrons. The molecule has 0 aliphatic carbocycles. The van der Waals surface area contributed by atoms with Gasteiger partial charge in [-0.2, -0.15) is 0 Å². The van der Waals surface area contributed by atoms with Crippen LogP contribution in [-0.4, -0.2) is 15.0 Å². The van der Waals surface area contributed by atoms with Crippen molar-refractivity contribution in [3.05, 3.63) is 47.1 Å². The van der Waals surface area contributed by atoms with Crippen molar-refractivity contribution in [2.45, 2.75) is 13.5 Å². The number of rotatable bonds is 3. The predicted molar refractivity (Wildman–Crippen MR) is 63.3 cm³/mol. The molecule has 0 saturated heterocycles. The molecule has 2 heterocycles. The van der Waals surface area contributed by atoms with Gasteiger partial charge in [0.1, 0.15) is 5.82 Å². The van der Waals surface area contributed by atoms with Crippen molar-refractivity contribution in [3.63, 3.8) is 0 Å². The molecule has 0 bridgehead atoms. The van der Waals surface area contributed by atoms with Crippen LogP contribution >= 0.6 is 11.6 Å². The van der Waals surface area contributed by atoms with Crippen molar-refractivity contribution in [2.75, 3.05) is 5.32 Å². The molecule has 0 aromatic carbocycles. The molecule has 0 saturated carbocycles. The first-order valence-corrected chi connectivity index (χ1v) is 5.26. The SMILES string of the molecule is Cc1ccc(CNc2ccnc(Cl)n2)cn1. The Morgan fingerprint density at radius 2 is 2.12 bits per heavy atom. The van der Waals surface area contributed by atoms with Crippen molar-refractivity contribution < 1.29 is 0 Å². The molecule has 16 heavy (non-hydrogen) atoms. The molecule has 0 spiro atoms. The minimum atomic E-state index is 0.243. The largest absolute Gasteiger partial charge is 0.366 e. The fraction of sp³-hybridized carbons (Fsp3) is 0.182. The number of aromatic nitrogens is 3. The van der Waals surface area contributed by atoms with Gasteiger partial charge >= 0.3 is 0 Å². The lowest BCUT2D eigenvalue weighted by Gasteiger charge is -2.05. The zero-order valence-corrected chi connectivity index (χ0v) is 9.57. The van der Waals surface area contributed by atoms with E-state index in [2.05, 4.69) is 20.3 Å². The third-order valence-corrected chi connectivity index (χ3v) is 2.25. The standard InChI is InChI=1S/C11H11ClN4/c1-8-2-3-9(6-14-8)7-15-10-4-5-13-11(12)16-10/h2-6H,7H2,1H3,(H,13,15,16). The number of nitrogens with zero attached hydrogens (tertiary/aromatic N) is 3. The van der Waals surface area contributed by atoms with Gasteiger partial charge in [-0.3, -0.25) is 4.98 Å².